The lowest BCUT2D eigenvalue weighted by Crippen LogP contribution is -1.98. The summed E-state index contributed by atoms with van der Waals surface area (Å²) in [5, 5.41) is 0. The van der Waals surface area contributed by atoms with Gasteiger partial charge < -0.3 is 0 Å². The van der Waals surface area contributed by atoms with E-state index in [0.29, 0.717) is 0 Å². The number of rotatable bonds is 5. The first kappa shape index (κ1) is 21.8. The van der Waals surface area contributed by atoms with Gasteiger partial charge in [-0.1, -0.05) is 127 Å². The molecule has 5 aromatic carbocycles. The zero-order valence-corrected chi connectivity index (χ0v) is 19.9. The highest BCUT2D eigenvalue weighted by atomic mass is 14.7. The molecular formula is C35H25N. The summed E-state index contributed by atoms with van der Waals surface area (Å²) in [5.74, 6) is 0. The lowest BCUT2D eigenvalue weighted by Gasteiger charge is -2.24. The maximum absolute atomic E-state index is 4.81. The number of benzene rings is 5. The summed E-state index contributed by atoms with van der Waals surface area (Å²) in [6, 6.07) is 51.3. The topological polar surface area (TPSA) is 12.9 Å². The van der Waals surface area contributed by atoms with Crippen LogP contribution in [0, 0.1) is 0 Å². The smallest absolute Gasteiger partial charge is 0.0708 e. The van der Waals surface area contributed by atoms with Gasteiger partial charge in [-0.05, 0) is 62.7 Å². The molecule has 0 atom stereocenters. The van der Waals surface area contributed by atoms with Crippen LogP contribution >= 0.6 is 0 Å². The normalized spacial score (nSPS) is 10.8. The van der Waals surface area contributed by atoms with Crippen molar-refractivity contribution in [3.8, 4) is 55.8 Å². The zero-order chi connectivity index (χ0) is 24.2. The van der Waals surface area contributed by atoms with E-state index in [-0.39, 0.29) is 0 Å². The largest absolute Gasteiger partial charge is 0.256 e. The molecule has 0 radical (unpaired) electrons. The molecule has 6 rings (SSSR count). The van der Waals surface area contributed by atoms with Crippen LogP contribution in [0.1, 0.15) is 0 Å². The van der Waals surface area contributed by atoms with Gasteiger partial charge >= 0.3 is 0 Å². The van der Waals surface area contributed by atoms with E-state index in [1.54, 1.807) is 0 Å². The maximum atomic E-state index is 4.81. The summed E-state index contributed by atoms with van der Waals surface area (Å²) < 4.78 is 0. The highest BCUT2D eigenvalue weighted by Crippen LogP contribution is 2.49. The molecule has 0 fully saturated rings. The van der Waals surface area contributed by atoms with E-state index in [2.05, 4.69) is 140 Å². The van der Waals surface area contributed by atoms with Crippen molar-refractivity contribution in [2.45, 2.75) is 0 Å². The van der Waals surface area contributed by atoms with Gasteiger partial charge in [0.1, 0.15) is 0 Å². The standard InChI is InChI=1S/C35H25N/c1-5-15-26(16-6-1)30-25-31(32-23-13-14-24-36-32)34(28-19-9-3-10-20-28)35(29-21-11-4-12-22-29)33(30)27-17-7-2-8-18-27/h1-25H. The molecule has 0 saturated heterocycles. The van der Waals surface area contributed by atoms with Crippen LogP contribution in [-0.4, -0.2) is 4.98 Å². The Balaban J connectivity index is 1.84. The first-order valence-corrected chi connectivity index (χ1v) is 12.2. The summed E-state index contributed by atoms with van der Waals surface area (Å²) in [7, 11) is 0. The molecule has 170 valence electrons. The van der Waals surface area contributed by atoms with Crippen LogP contribution in [-0.2, 0) is 0 Å². The van der Waals surface area contributed by atoms with Gasteiger partial charge in [0.15, 0.2) is 0 Å². The van der Waals surface area contributed by atoms with Gasteiger partial charge in [-0.25, -0.2) is 0 Å². The molecule has 1 heteroatoms. The molecule has 6 aromatic rings. The van der Waals surface area contributed by atoms with Crippen molar-refractivity contribution in [3.63, 3.8) is 0 Å². The molecular weight excluding hydrogens is 434 g/mol. The van der Waals surface area contributed by atoms with Crippen LogP contribution in [0.3, 0.4) is 0 Å². The number of nitrogens with zero attached hydrogens (tertiary/aromatic N) is 1. The molecule has 36 heavy (non-hydrogen) atoms. The van der Waals surface area contributed by atoms with Crippen LogP contribution in [0.15, 0.2) is 152 Å². The summed E-state index contributed by atoms with van der Waals surface area (Å²) in [6.45, 7) is 0. The minimum atomic E-state index is 0.963. The Morgan fingerprint density at radius 1 is 0.333 bits per heavy atom. The molecule has 0 saturated carbocycles. The van der Waals surface area contributed by atoms with Crippen molar-refractivity contribution < 1.29 is 0 Å². The fourth-order valence-corrected chi connectivity index (χ4v) is 4.96. The van der Waals surface area contributed by atoms with Gasteiger partial charge in [-0.3, -0.25) is 4.98 Å². The van der Waals surface area contributed by atoms with Gasteiger partial charge in [-0.2, -0.15) is 0 Å². The average molecular weight is 460 g/mol. The Labute approximate surface area is 212 Å². The number of aromatic nitrogens is 1. The van der Waals surface area contributed by atoms with Crippen molar-refractivity contribution in [2.75, 3.05) is 0 Å². The van der Waals surface area contributed by atoms with Gasteiger partial charge in [0.25, 0.3) is 0 Å². The monoisotopic (exact) mass is 459 g/mol. The summed E-state index contributed by atoms with van der Waals surface area (Å²) >= 11 is 0. The third-order valence-corrected chi connectivity index (χ3v) is 6.54. The zero-order valence-electron chi connectivity index (χ0n) is 19.9. The molecule has 0 bridgehead atoms. The molecule has 0 aliphatic rings. The molecule has 0 N–H and O–H groups in total. The van der Waals surface area contributed by atoms with Crippen LogP contribution < -0.4 is 0 Å². The van der Waals surface area contributed by atoms with Crippen molar-refractivity contribution in [1.82, 2.24) is 4.98 Å². The van der Waals surface area contributed by atoms with Crippen molar-refractivity contribution in [2.24, 2.45) is 0 Å². The van der Waals surface area contributed by atoms with Crippen LogP contribution in [0.4, 0.5) is 0 Å². The quantitative estimate of drug-likeness (QED) is 0.250. The third-order valence-electron chi connectivity index (χ3n) is 6.54. The molecule has 0 aliphatic heterocycles. The fourth-order valence-electron chi connectivity index (χ4n) is 4.96. The number of pyridine rings is 1. The van der Waals surface area contributed by atoms with Gasteiger partial charge in [0, 0.05) is 11.8 Å². The first-order valence-electron chi connectivity index (χ1n) is 12.2. The Morgan fingerprint density at radius 2 is 0.750 bits per heavy atom. The second-order valence-corrected chi connectivity index (χ2v) is 8.78. The minimum absolute atomic E-state index is 0.963. The Kier molecular flexibility index (Phi) is 5.96. The molecule has 0 spiro atoms. The highest BCUT2D eigenvalue weighted by Gasteiger charge is 2.23. The molecule has 1 heterocycles. The van der Waals surface area contributed by atoms with Gasteiger partial charge in [0.05, 0.1) is 5.69 Å². The van der Waals surface area contributed by atoms with Crippen LogP contribution in [0.5, 0.6) is 0 Å². The molecule has 0 amide bonds. The van der Waals surface area contributed by atoms with Crippen LogP contribution in [0.25, 0.3) is 55.8 Å². The minimum Gasteiger partial charge on any atom is -0.256 e. The van der Waals surface area contributed by atoms with Crippen LogP contribution in [0.2, 0.25) is 0 Å². The summed E-state index contributed by atoms with van der Waals surface area (Å²) in [4.78, 5) is 4.81. The van der Waals surface area contributed by atoms with Crippen molar-refractivity contribution in [3.05, 3.63) is 152 Å². The van der Waals surface area contributed by atoms with Crippen molar-refractivity contribution in [1.29, 1.82) is 0 Å². The Bertz CT molecular complexity index is 1470. The average Bonchev–Trinajstić information content (AvgIpc) is 2.98. The van der Waals surface area contributed by atoms with Gasteiger partial charge in [0.2, 0.25) is 0 Å². The Morgan fingerprint density at radius 3 is 1.22 bits per heavy atom. The van der Waals surface area contributed by atoms with E-state index in [1.165, 1.54) is 44.5 Å². The second-order valence-electron chi connectivity index (χ2n) is 8.78. The number of hydrogen-bond acceptors (Lipinski definition) is 1. The van der Waals surface area contributed by atoms with E-state index in [4.69, 9.17) is 4.98 Å². The lowest BCUT2D eigenvalue weighted by molar-refractivity contribution is 1.33. The van der Waals surface area contributed by atoms with E-state index < -0.39 is 0 Å². The SMILES string of the molecule is c1ccc(-c2cc(-c3ccccn3)c(-c3ccccc3)c(-c3ccccc3)c2-c2ccccc2)cc1. The maximum Gasteiger partial charge on any atom is 0.0708 e. The van der Waals surface area contributed by atoms with E-state index in [0.717, 1.165) is 11.3 Å². The van der Waals surface area contributed by atoms with E-state index in [1.807, 2.05) is 12.3 Å². The summed E-state index contributed by atoms with van der Waals surface area (Å²) in [6.07, 6.45) is 1.87. The van der Waals surface area contributed by atoms with E-state index >= 15 is 0 Å². The molecule has 1 aromatic heterocycles. The third kappa shape index (κ3) is 4.12. The molecule has 0 aliphatic carbocycles. The van der Waals surface area contributed by atoms with Crippen molar-refractivity contribution >= 4 is 0 Å². The van der Waals surface area contributed by atoms with E-state index in [9.17, 15) is 0 Å². The Hall–Kier alpha value is -4.75. The predicted octanol–water partition coefficient (Wildman–Crippen LogP) is 9.42. The summed E-state index contributed by atoms with van der Waals surface area (Å²) in [5.41, 5.74) is 11.7. The lowest BCUT2D eigenvalue weighted by atomic mass is 9.79. The fraction of sp³-hybridized carbons (Fsp3) is 0. The molecule has 1 nitrogen and oxygen atoms in total. The first-order chi connectivity index (χ1) is 17.9. The predicted molar refractivity (Wildman–Crippen MR) is 151 cm³/mol. The molecule has 0 unspecified atom stereocenters. The second kappa shape index (κ2) is 9.85. The highest BCUT2D eigenvalue weighted by molar-refractivity contribution is 6.07. The van der Waals surface area contributed by atoms with Gasteiger partial charge in [-0.15, -0.1) is 0 Å². The number of hydrogen-bond donors (Lipinski definition) is 0.